The Labute approximate surface area is 92.1 Å². The normalized spacial score (nSPS) is 8.50. The van der Waals surface area contributed by atoms with Gasteiger partial charge in [0, 0.05) is 12.3 Å². The summed E-state index contributed by atoms with van der Waals surface area (Å²) in [5.41, 5.74) is -0.0734. The van der Waals surface area contributed by atoms with E-state index in [1.807, 2.05) is 0 Å². The van der Waals surface area contributed by atoms with Gasteiger partial charge in [0.2, 0.25) is 5.82 Å². The van der Waals surface area contributed by atoms with Gasteiger partial charge in [0.05, 0.1) is 17.0 Å². The fourth-order valence-corrected chi connectivity index (χ4v) is 1.01. The number of nitro groups is 1. The molecule has 0 aliphatic rings. The molecule has 0 unspecified atom stereocenters. The van der Waals surface area contributed by atoms with Crippen molar-refractivity contribution in [3.05, 3.63) is 27.9 Å². The van der Waals surface area contributed by atoms with E-state index in [0.717, 1.165) is 0 Å². The van der Waals surface area contributed by atoms with Crippen LogP contribution in [0.3, 0.4) is 0 Å². The zero-order chi connectivity index (χ0) is 12.0. The minimum Gasteiger partial charge on any atom is -0.353 e. The summed E-state index contributed by atoms with van der Waals surface area (Å²) in [5.74, 6) is 5.47. The van der Waals surface area contributed by atoms with Crippen molar-refractivity contribution in [1.82, 2.24) is 4.98 Å². The molecule has 0 spiro atoms. The summed E-state index contributed by atoms with van der Waals surface area (Å²) in [7, 11) is 0. The summed E-state index contributed by atoms with van der Waals surface area (Å²) in [6.07, 6.45) is 1.27. The third-order valence-corrected chi connectivity index (χ3v) is 1.71. The van der Waals surface area contributed by atoms with Gasteiger partial charge in [-0.25, -0.2) is 4.98 Å². The van der Waals surface area contributed by atoms with Gasteiger partial charge in [0.1, 0.15) is 6.07 Å². The third kappa shape index (κ3) is 2.69. The van der Waals surface area contributed by atoms with E-state index in [0.29, 0.717) is 0 Å². The van der Waals surface area contributed by atoms with Crippen LogP contribution < -0.4 is 5.32 Å². The van der Waals surface area contributed by atoms with Crippen LogP contribution in [0.5, 0.6) is 0 Å². The van der Waals surface area contributed by atoms with Crippen LogP contribution in [-0.2, 0) is 0 Å². The summed E-state index contributed by atoms with van der Waals surface area (Å²) in [5, 5.41) is 22.0. The highest BCUT2D eigenvalue weighted by Crippen LogP contribution is 2.21. The maximum absolute atomic E-state index is 10.7. The summed E-state index contributed by atoms with van der Waals surface area (Å²) < 4.78 is 0. The average Bonchev–Trinajstić information content (AvgIpc) is 2.29. The fraction of sp³-hybridized carbons (Fsp3) is 0.200. The second-order valence-electron chi connectivity index (χ2n) is 2.74. The van der Waals surface area contributed by atoms with E-state index in [9.17, 15) is 10.1 Å². The van der Waals surface area contributed by atoms with Gasteiger partial charge < -0.3 is 5.32 Å². The van der Waals surface area contributed by atoms with E-state index < -0.39 is 4.92 Å². The van der Waals surface area contributed by atoms with Gasteiger partial charge in [0.15, 0.2) is 0 Å². The lowest BCUT2D eigenvalue weighted by atomic mass is 10.3. The van der Waals surface area contributed by atoms with Crippen molar-refractivity contribution in [2.75, 3.05) is 11.9 Å². The number of hydrogen-bond donors (Lipinski definition) is 1. The minimum atomic E-state index is -0.588. The van der Waals surface area contributed by atoms with E-state index >= 15 is 0 Å². The van der Waals surface area contributed by atoms with Gasteiger partial charge in [-0.2, -0.15) is 5.26 Å². The Morgan fingerprint density at radius 3 is 3.00 bits per heavy atom. The quantitative estimate of drug-likeness (QED) is 0.467. The molecule has 0 aliphatic carbocycles. The number of aromatic nitrogens is 1. The first-order valence-corrected chi connectivity index (χ1v) is 4.37. The predicted octanol–water partition coefficient (Wildman–Crippen LogP) is 1.30. The Morgan fingerprint density at radius 1 is 1.69 bits per heavy atom. The van der Waals surface area contributed by atoms with E-state index in [1.54, 1.807) is 13.0 Å². The summed E-state index contributed by atoms with van der Waals surface area (Å²) in [6.45, 7) is 1.94. The summed E-state index contributed by atoms with van der Waals surface area (Å²) in [6, 6.07) is 2.97. The molecule has 0 radical (unpaired) electrons. The van der Waals surface area contributed by atoms with Crippen molar-refractivity contribution >= 4 is 11.5 Å². The molecule has 0 aliphatic heterocycles. The van der Waals surface area contributed by atoms with Crippen LogP contribution >= 0.6 is 0 Å². The van der Waals surface area contributed by atoms with Crippen LogP contribution in [-0.4, -0.2) is 16.5 Å². The third-order valence-electron chi connectivity index (χ3n) is 1.71. The molecule has 0 atom stereocenters. The van der Waals surface area contributed by atoms with Crippen molar-refractivity contribution in [2.24, 2.45) is 0 Å². The Bertz CT molecular complexity index is 508. The predicted molar refractivity (Wildman–Crippen MR) is 57.5 cm³/mol. The highest BCUT2D eigenvalue weighted by molar-refractivity contribution is 5.58. The van der Waals surface area contributed by atoms with Crippen molar-refractivity contribution in [1.29, 1.82) is 5.26 Å². The van der Waals surface area contributed by atoms with Gasteiger partial charge in [-0.15, -0.1) is 5.92 Å². The molecule has 6 nitrogen and oxygen atoms in total. The SMILES string of the molecule is CC#CCNc1ncc(C#N)cc1[N+](=O)[O-]. The molecule has 1 N–H and O–H groups in total. The number of nitriles is 1. The number of hydrogen-bond acceptors (Lipinski definition) is 5. The molecule has 1 aromatic rings. The lowest BCUT2D eigenvalue weighted by Crippen LogP contribution is -2.05. The maximum atomic E-state index is 10.7. The second kappa shape index (κ2) is 5.32. The van der Waals surface area contributed by atoms with Crippen LogP contribution in [0.2, 0.25) is 0 Å². The van der Waals surface area contributed by atoms with Gasteiger partial charge in [0.25, 0.3) is 0 Å². The molecule has 6 heteroatoms. The topological polar surface area (TPSA) is 91.8 Å². The van der Waals surface area contributed by atoms with Gasteiger partial charge in [-0.3, -0.25) is 10.1 Å². The Morgan fingerprint density at radius 2 is 2.44 bits per heavy atom. The first-order valence-electron chi connectivity index (χ1n) is 4.37. The van der Waals surface area contributed by atoms with Crippen LogP contribution in [0.1, 0.15) is 12.5 Å². The molecule has 0 amide bonds. The number of nitrogens with zero attached hydrogens (tertiary/aromatic N) is 3. The molecular formula is C10H8N4O2. The molecule has 0 saturated heterocycles. The Hall–Kier alpha value is -2.60. The van der Waals surface area contributed by atoms with E-state index in [4.69, 9.17) is 5.26 Å². The Kier molecular flexibility index (Phi) is 3.82. The van der Waals surface area contributed by atoms with Gasteiger partial charge in [-0.1, -0.05) is 5.92 Å². The lowest BCUT2D eigenvalue weighted by molar-refractivity contribution is -0.384. The van der Waals surface area contributed by atoms with Gasteiger partial charge >= 0.3 is 5.69 Å². The smallest absolute Gasteiger partial charge is 0.312 e. The highest BCUT2D eigenvalue weighted by Gasteiger charge is 2.15. The Balaban J connectivity index is 3.02. The zero-order valence-corrected chi connectivity index (χ0v) is 8.52. The summed E-state index contributed by atoms with van der Waals surface area (Å²) >= 11 is 0. The van der Waals surface area contributed by atoms with Gasteiger partial charge in [-0.05, 0) is 6.92 Å². The molecule has 16 heavy (non-hydrogen) atoms. The van der Waals surface area contributed by atoms with Crippen molar-refractivity contribution in [3.63, 3.8) is 0 Å². The van der Waals surface area contributed by atoms with E-state index in [1.165, 1.54) is 12.3 Å². The number of anilines is 1. The molecule has 80 valence electrons. The molecule has 1 rings (SSSR count). The highest BCUT2D eigenvalue weighted by atomic mass is 16.6. The van der Waals surface area contributed by atoms with E-state index in [2.05, 4.69) is 22.1 Å². The van der Waals surface area contributed by atoms with Crippen LogP contribution in [0.25, 0.3) is 0 Å². The number of rotatable bonds is 3. The lowest BCUT2D eigenvalue weighted by Gasteiger charge is -2.02. The molecule has 1 heterocycles. The van der Waals surface area contributed by atoms with Crippen LogP contribution in [0, 0.1) is 33.3 Å². The van der Waals surface area contributed by atoms with Crippen LogP contribution in [0.4, 0.5) is 11.5 Å². The molecular weight excluding hydrogens is 208 g/mol. The second-order valence-corrected chi connectivity index (χ2v) is 2.74. The zero-order valence-electron chi connectivity index (χ0n) is 8.52. The molecule has 0 saturated carbocycles. The average molecular weight is 216 g/mol. The maximum Gasteiger partial charge on any atom is 0.312 e. The minimum absolute atomic E-state index is 0.117. The first-order chi connectivity index (χ1) is 7.69. The number of pyridine rings is 1. The molecule has 0 fully saturated rings. The van der Waals surface area contributed by atoms with Crippen molar-refractivity contribution < 1.29 is 4.92 Å². The van der Waals surface area contributed by atoms with Crippen LogP contribution in [0.15, 0.2) is 12.3 Å². The number of nitrogens with one attached hydrogen (secondary N) is 1. The molecule has 0 bridgehead atoms. The molecule has 1 aromatic heterocycles. The standard InChI is InChI=1S/C10H8N4O2/c1-2-3-4-12-10-9(14(15)16)5-8(6-11)7-13-10/h5,7H,4H2,1H3,(H,12,13). The van der Waals surface area contributed by atoms with Crippen molar-refractivity contribution in [3.8, 4) is 17.9 Å². The van der Waals surface area contributed by atoms with Crippen molar-refractivity contribution in [2.45, 2.75) is 6.92 Å². The van der Waals surface area contributed by atoms with E-state index in [-0.39, 0.29) is 23.6 Å². The monoisotopic (exact) mass is 216 g/mol. The largest absolute Gasteiger partial charge is 0.353 e. The fourth-order valence-electron chi connectivity index (χ4n) is 1.01. The first kappa shape index (κ1) is 11.5. The summed E-state index contributed by atoms with van der Waals surface area (Å²) in [4.78, 5) is 13.9. The molecule has 0 aromatic carbocycles.